The Morgan fingerprint density at radius 2 is 1.57 bits per heavy atom. The summed E-state index contributed by atoms with van der Waals surface area (Å²) in [5, 5.41) is 38.7. The van der Waals surface area contributed by atoms with Crippen molar-refractivity contribution in [1.82, 2.24) is 4.90 Å². The van der Waals surface area contributed by atoms with Gasteiger partial charge in [-0.25, -0.2) is 9.59 Å². The summed E-state index contributed by atoms with van der Waals surface area (Å²) in [6.45, 7) is 3.24. The standard InChI is InChI=1S/C21H19Cl2N3O4/c1-12-16(19(27)28)21(8-4-9-24,14-6-3-7-15(22)18(14)23)17(20(29)30)13(2)26(12)11-5-10-25/h3,6-7H,4-5,8,11H2,1-2H3,(H,27,28)(H,29,30). The zero-order valence-corrected chi connectivity index (χ0v) is 17.9. The number of hydrogen-bond donors (Lipinski definition) is 2. The molecule has 0 amide bonds. The molecule has 0 spiro atoms. The number of carboxylic acid groups (broad SMARTS) is 2. The van der Waals surface area contributed by atoms with Gasteiger partial charge in [0, 0.05) is 24.4 Å². The first kappa shape index (κ1) is 23.3. The maximum Gasteiger partial charge on any atom is 0.334 e. The van der Waals surface area contributed by atoms with Crippen LogP contribution >= 0.6 is 23.2 Å². The van der Waals surface area contributed by atoms with E-state index in [0.29, 0.717) is 0 Å². The third kappa shape index (κ3) is 3.75. The third-order valence-corrected chi connectivity index (χ3v) is 6.10. The number of carboxylic acids is 2. The van der Waals surface area contributed by atoms with Gasteiger partial charge in [0.2, 0.25) is 0 Å². The van der Waals surface area contributed by atoms with Gasteiger partial charge >= 0.3 is 11.9 Å². The lowest BCUT2D eigenvalue weighted by Gasteiger charge is -2.45. The summed E-state index contributed by atoms with van der Waals surface area (Å²) in [6, 6.07) is 8.56. The highest BCUT2D eigenvalue weighted by molar-refractivity contribution is 6.42. The predicted octanol–water partition coefficient (Wildman–Crippen LogP) is 4.48. The Hall–Kier alpha value is -3.00. The van der Waals surface area contributed by atoms with Crippen LogP contribution in [0.5, 0.6) is 0 Å². The van der Waals surface area contributed by atoms with Gasteiger partial charge in [-0.2, -0.15) is 10.5 Å². The molecule has 1 aliphatic rings. The Morgan fingerprint density at radius 3 is 2.03 bits per heavy atom. The minimum atomic E-state index is -1.70. The van der Waals surface area contributed by atoms with Crippen LogP contribution in [0, 0.1) is 22.7 Å². The number of rotatable bonds is 7. The van der Waals surface area contributed by atoms with Gasteiger partial charge in [0.25, 0.3) is 0 Å². The molecule has 1 aromatic carbocycles. The number of aliphatic carboxylic acids is 2. The van der Waals surface area contributed by atoms with E-state index in [2.05, 4.69) is 0 Å². The Morgan fingerprint density at radius 1 is 1.03 bits per heavy atom. The fourth-order valence-electron chi connectivity index (χ4n) is 4.17. The number of hydrogen-bond acceptors (Lipinski definition) is 5. The van der Waals surface area contributed by atoms with E-state index in [4.69, 9.17) is 28.5 Å². The highest BCUT2D eigenvalue weighted by Gasteiger charge is 2.52. The second-order valence-electron chi connectivity index (χ2n) is 6.76. The van der Waals surface area contributed by atoms with Crippen LogP contribution in [0.2, 0.25) is 10.0 Å². The Kier molecular flexibility index (Phi) is 7.15. The van der Waals surface area contributed by atoms with E-state index >= 15 is 0 Å². The maximum absolute atomic E-state index is 12.5. The van der Waals surface area contributed by atoms with Crippen LogP contribution in [0.15, 0.2) is 40.7 Å². The fourth-order valence-corrected chi connectivity index (χ4v) is 4.63. The van der Waals surface area contributed by atoms with Crippen molar-refractivity contribution in [2.75, 3.05) is 6.54 Å². The first-order valence-corrected chi connectivity index (χ1v) is 9.75. The van der Waals surface area contributed by atoms with Crippen LogP contribution in [0.3, 0.4) is 0 Å². The van der Waals surface area contributed by atoms with Crippen LogP contribution in [-0.2, 0) is 15.0 Å². The predicted molar refractivity (Wildman–Crippen MR) is 111 cm³/mol. The highest BCUT2D eigenvalue weighted by atomic mass is 35.5. The molecule has 2 rings (SSSR count). The SMILES string of the molecule is CC1=C(C(=O)O)C(CCC#N)(c2cccc(Cl)c2Cl)C(C(=O)O)=C(C)N1CCC#N. The fraction of sp³-hybridized carbons (Fsp3) is 0.333. The summed E-state index contributed by atoms with van der Waals surface area (Å²) in [4.78, 5) is 26.5. The Bertz CT molecular complexity index is 1010. The summed E-state index contributed by atoms with van der Waals surface area (Å²) >= 11 is 12.6. The van der Waals surface area contributed by atoms with Crippen LogP contribution in [0.1, 0.15) is 38.7 Å². The number of nitriles is 2. The molecule has 0 atom stereocenters. The molecular formula is C21H19Cl2N3O4. The number of allylic oxidation sites excluding steroid dienone is 2. The van der Waals surface area contributed by atoms with E-state index in [1.165, 1.54) is 17.0 Å². The van der Waals surface area contributed by atoms with Gasteiger partial charge in [-0.05, 0) is 31.9 Å². The number of benzene rings is 1. The first-order chi connectivity index (χ1) is 14.1. The van der Waals surface area contributed by atoms with Gasteiger partial charge in [0.1, 0.15) is 0 Å². The van der Waals surface area contributed by atoms with Crippen LogP contribution in [0.25, 0.3) is 0 Å². The quantitative estimate of drug-likeness (QED) is 0.630. The molecule has 0 saturated heterocycles. The molecule has 0 saturated carbocycles. The van der Waals surface area contributed by atoms with Crippen molar-refractivity contribution in [1.29, 1.82) is 10.5 Å². The molecule has 0 fully saturated rings. The molecular weight excluding hydrogens is 429 g/mol. The Balaban J connectivity index is 3.05. The molecule has 7 nitrogen and oxygen atoms in total. The van der Waals surface area contributed by atoms with Gasteiger partial charge in [0.05, 0.1) is 45.2 Å². The average molecular weight is 448 g/mol. The summed E-state index contributed by atoms with van der Waals surface area (Å²) in [7, 11) is 0. The molecule has 0 bridgehead atoms. The van der Waals surface area contributed by atoms with E-state index in [1.807, 2.05) is 12.1 Å². The molecule has 30 heavy (non-hydrogen) atoms. The minimum Gasteiger partial charge on any atom is -0.478 e. The smallest absolute Gasteiger partial charge is 0.334 e. The zero-order valence-electron chi connectivity index (χ0n) is 16.4. The lowest BCUT2D eigenvalue weighted by molar-refractivity contribution is -0.134. The van der Waals surface area contributed by atoms with Crippen molar-refractivity contribution in [3.8, 4) is 12.1 Å². The second kappa shape index (κ2) is 9.21. The Labute approximate surface area is 184 Å². The number of nitrogens with zero attached hydrogens (tertiary/aromatic N) is 3. The van der Waals surface area contributed by atoms with Crippen molar-refractivity contribution in [3.05, 3.63) is 56.3 Å². The molecule has 2 N–H and O–H groups in total. The van der Waals surface area contributed by atoms with E-state index in [9.17, 15) is 25.1 Å². The van der Waals surface area contributed by atoms with Crippen molar-refractivity contribution >= 4 is 35.1 Å². The minimum absolute atomic E-state index is 0.0284. The van der Waals surface area contributed by atoms with Gasteiger partial charge in [-0.15, -0.1) is 0 Å². The monoisotopic (exact) mass is 447 g/mol. The van der Waals surface area contributed by atoms with Gasteiger partial charge in [0.15, 0.2) is 0 Å². The zero-order chi connectivity index (χ0) is 22.6. The topological polar surface area (TPSA) is 125 Å². The van der Waals surface area contributed by atoms with Crippen molar-refractivity contribution in [3.63, 3.8) is 0 Å². The molecule has 1 aliphatic heterocycles. The summed E-state index contributed by atoms with van der Waals surface area (Å²) < 4.78 is 0. The molecule has 0 unspecified atom stereocenters. The highest BCUT2D eigenvalue weighted by Crippen LogP contribution is 2.52. The van der Waals surface area contributed by atoms with Crippen molar-refractivity contribution < 1.29 is 19.8 Å². The second-order valence-corrected chi connectivity index (χ2v) is 7.54. The van der Waals surface area contributed by atoms with Gasteiger partial charge in [-0.1, -0.05) is 35.3 Å². The average Bonchev–Trinajstić information content (AvgIpc) is 2.67. The molecule has 0 aromatic heterocycles. The van der Waals surface area contributed by atoms with Crippen molar-refractivity contribution in [2.24, 2.45) is 0 Å². The maximum atomic E-state index is 12.5. The lowest BCUT2D eigenvalue weighted by atomic mass is 9.63. The summed E-state index contributed by atoms with van der Waals surface area (Å²) in [5.41, 5.74) is -1.33. The third-order valence-electron chi connectivity index (χ3n) is 5.29. The molecule has 9 heteroatoms. The molecule has 0 radical (unpaired) electrons. The molecule has 1 heterocycles. The molecule has 1 aromatic rings. The molecule has 0 aliphatic carbocycles. The van der Waals surface area contributed by atoms with Gasteiger partial charge < -0.3 is 15.1 Å². The van der Waals surface area contributed by atoms with Gasteiger partial charge in [-0.3, -0.25) is 0 Å². The van der Waals surface area contributed by atoms with Crippen LogP contribution in [-0.4, -0.2) is 33.6 Å². The number of carbonyl (C=O) groups is 2. The first-order valence-electron chi connectivity index (χ1n) is 9.00. The summed E-state index contributed by atoms with van der Waals surface area (Å²) in [5.74, 6) is -2.68. The number of halogens is 2. The summed E-state index contributed by atoms with van der Waals surface area (Å²) in [6.07, 6.45) is -0.166. The van der Waals surface area contributed by atoms with Crippen LogP contribution in [0.4, 0.5) is 0 Å². The van der Waals surface area contributed by atoms with E-state index in [-0.39, 0.29) is 64.0 Å². The van der Waals surface area contributed by atoms with E-state index < -0.39 is 17.4 Å². The largest absolute Gasteiger partial charge is 0.478 e. The van der Waals surface area contributed by atoms with E-state index in [0.717, 1.165) is 0 Å². The van der Waals surface area contributed by atoms with Crippen molar-refractivity contribution in [2.45, 2.75) is 38.5 Å². The lowest BCUT2D eigenvalue weighted by Crippen LogP contribution is -2.46. The molecule has 156 valence electrons. The van der Waals surface area contributed by atoms with E-state index in [1.54, 1.807) is 19.9 Å². The normalized spacial score (nSPS) is 15.6. The van der Waals surface area contributed by atoms with Crippen LogP contribution < -0.4 is 0 Å².